The van der Waals surface area contributed by atoms with Gasteiger partial charge in [-0.1, -0.05) is 431 Å². The minimum atomic E-state index is -1.51. The molecule has 0 radical (unpaired) electrons. The molecule has 0 fully saturated rings. The maximum absolute atomic E-state index is 13.0. The number of allylic oxidation sites excluding steroid dienone is 20. The maximum Gasteiger partial charge on any atom is 0.361 e. The van der Waals surface area contributed by atoms with E-state index in [1.165, 1.54) is 295 Å². The van der Waals surface area contributed by atoms with Crippen LogP contribution < -0.4 is 0 Å². The Hall–Kier alpha value is -4.31. The molecule has 0 rings (SSSR count). The summed E-state index contributed by atoms with van der Waals surface area (Å²) in [7, 11) is 6.00. The Morgan fingerprint density at radius 1 is 0.280 bits per heavy atom. The van der Waals surface area contributed by atoms with Crippen LogP contribution in [0.15, 0.2) is 122 Å². The Morgan fingerprint density at radius 2 is 0.505 bits per heavy atom. The van der Waals surface area contributed by atoms with Crippen LogP contribution in [0.4, 0.5) is 0 Å². The summed E-state index contributed by atoms with van der Waals surface area (Å²) in [6.07, 6.45) is 123. The molecule has 0 aliphatic carbocycles. The van der Waals surface area contributed by atoms with Crippen molar-refractivity contribution in [2.75, 3.05) is 47.5 Å². The molecule has 0 amide bonds. The van der Waals surface area contributed by atoms with Gasteiger partial charge in [-0.05, 0) is 103 Å². The van der Waals surface area contributed by atoms with Crippen LogP contribution in [-0.4, -0.2) is 87.4 Å². The second-order valence-corrected chi connectivity index (χ2v) is 31.9. The predicted molar refractivity (Wildman–Crippen MR) is 465 cm³/mol. The van der Waals surface area contributed by atoms with Gasteiger partial charge in [0.25, 0.3) is 6.29 Å². The van der Waals surface area contributed by atoms with Gasteiger partial charge in [0.2, 0.25) is 0 Å². The third-order valence-electron chi connectivity index (χ3n) is 20.2. The Labute approximate surface area is 663 Å². The molecule has 0 aromatic heterocycles. The van der Waals surface area contributed by atoms with Crippen LogP contribution in [0.2, 0.25) is 0 Å². The molecular formula is C98H174NO8+. The van der Waals surface area contributed by atoms with Crippen molar-refractivity contribution in [3.63, 3.8) is 0 Å². The monoisotopic (exact) mass is 1490 g/mol. The lowest BCUT2D eigenvalue weighted by molar-refractivity contribution is -0.870. The molecule has 0 heterocycles. The molecule has 107 heavy (non-hydrogen) atoms. The smallest absolute Gasteiger partial charge is 0.361 e. The topological polar surface area (TPSA) is 108 Å². The minimum Gasteiger partial charge on any atom is -0.477 e. The van der Waals surface area contributed by atoms with E-state index in [-0.39, 0.29) is 38.2 Å². The second kappa shape index (κ2) is 87.3. The van der Waals surface area contributed by atoms with E-state index in [1.54, 1.807) is 0 Å². The number of carbonyl (C=O) groups is 3. The first-order valence-corrected chi connectivity index (χ1v) is 45.7. The third-order valence-corrected chi connectivity index (χ3v) is 20.2. The molecule has 0 saturated carbocycles. The molecule has 0 aromatic rings. The van der Waals surface area contributed by atoms with E-state index in [2.05, 4.69) is 135 Å². The van der Waals surface area contributed by atoms with Gasteiger partial charge in [-0.15, -0.1) is 0 Å². The van der Waals surface area contributed by atoms with Crippen LogP contribution >= 0.6 is 0 Å². The number of nitrogens with zero attached hydrogens (tertiary/aromatic N) is 1. The molecule has 0 aromatic carbocycles. The quantitative estimate of drug-likeness (QED) is 0.0211. The van der Waals surface area contributed by atoms with Crippen molar-refractivity contribution >= 4 is 17.9 Å². The molecule has 1 N–H and O–H groups in total. The summed E-state index contributed by atoms with van der Waals surface area (Å²) in [5.74, 6) is -1.98. The number of hydrogen-bond donors (Lipinski definition) is 1. The molecular weight excluding hydrogens is 1320 g/mol. The zero-order valence-corrected chi connectivity index (χ0v) is 71.0. The normalized spacial score (nSPS) is 13.2. The van der Waals surface area contributed by atoms with Crippen molar-refractivity contribution in [1.29, 1.82) is 0 Å². The van der Waals surface area contributed by atoms with Gasteiger partial charge in [0, 0.05) is 12.8 Å². The van der Waals surface area contributed by atoms with Crippen molar-refractivity contribution in [3.05, 3.63) is 122 Å². The van der Waals surface area contributed by atoms with Gasteiger partial charge in [-0.2, -0.15) is 0 Å². The number of ether oxygens (including phenoxy) is 4. The fraction of sp³-hybridized carbons (Fsp3) is 0.765. The van der Waals surface area contributed by atoms with E-state index >= 15 is 0 Å². The number of aliphatic carboxylic acids is 1. The molecule has 0 saturated heterocycles. The zero-order chi connectivity index (χ0) is 77.4. The van der Waals surface area contributed by atoms with Crippen molar-refractivity contribution < 1.29 is 42.9 Å². The van der Waals surface area contributed by atoms with Crippen LogP contribution in [0.1, 0.15) is 425 Å². The van der Waals surface area contributed by atoms with Crippen molar-refractivity contribution in [3.8, 4) is 0 Å². The third kappa shape index (κ3) is 88.8. The van der Waals surface area contributed by atoms with Crippen LogP contribution in [0.3, 0.4) is 0 Å². The number of quaternary nitrogens is 1. The van der Waals surface area contributed by atoms with Gasteiger partial charge in [-0.3, -0.25) is 9.59 Å². The summed E-state index contributed by atoms with van der Waals surface area (Å²) < 4.78 is 23.1. The Kier molecular flexibility index (Phi) is 83.8. The highest BCUT2D eigenvalue weighted by Gasteiger charge is 2.25. The minimum absolute atomic E-state index is 0.179. The summed E-state index contributed by atoms with van der Waals surface area (Å²) in [5.41, 5.74) is 0. The highest BCUT2D eigenvalue weighted by atomic mass is 16.7. The molecule has 9 heteroatoms. The average Bonchev–Trinajstić information content (AvgIpc) is 0.965. The average molecular weight is 1490 g/mol. The molecule has 0 spiro atoms. The highest BCUT2D eigenvalue weighted by molar-refractivity contribution is 5.71. The summed E-state index contributed by atoms with van der Waals surface area (Å²) in [6.45, 7) is 4.71. The Balaban J connectivity index is 3.90. The van der Waals surface area contributed by atoms with E-state index in [4.69, 9.17) is 18.9 Å². The molecule has 0 bridgehead atoms. The lowest BCUT2D eigenvalue weighted by Gasteiger charge is -2.25. The molecule has 2 unspecified atom stereocenters. The molecule has 2 atom stereocenters. The van der Waals surface area contributed by atoms with Crippen molar-refractivity contribution in [1.82, 2.24) is 0 Å². The van der Waals surface area contributed by atoms with Gasteiger partial charge in [0.15, 0.2) is 6.10 Å². The first kappa shape index (κ1) is 103. The predicted octanol–water partition coefficient (Wildman–Crippen LogP) is 30.2. The van der Waals surface area contributed by atoms with Gasteiger partial charge in [0.1, 0.15) is 13.2 Å². The van der Waals surface area contributed by atoms with E-state index < -0.39 is 18.4 Å². The van der Waals surface area contributed by atoms with Crippen molar-refractivity contribution in [2.45, 2.75) is 437 Å². The molecule has 618 valence electrons. The van der Waals surface area contributed by atoms with Crippen LogP contribution in [0.5, 0.6) is 0 Å². The number of carboxylic acid groups (broad SMARTS) is 1. The van der Waals surface area contributed by atoms with Gasteiger partial charge in [0.05, 0.1) is 34.4 Å². The first-order valence-electron chi connectivity index (χ1n) is 45.7. The Morgan fingerprint density at radius 3 is 0.748 bits per heavy atom. The van der Waals surface area contributed by atoms with Gasteiger partial charge >= 0.3 is 17.9 Å². The van der Waals surface area contributed by atoms with E-state index in [0.717, 1.165) is 103 Å². The second-order valence-electron chi connectivity index (χ2n) is 31.9. The Bertz CT molecular complexity index is 2190. The number of carbonyl (C=O) groups excluding carboxylic acids is 2. The number of esters is 2. The lowest BCUT2D eigenvalue weighted by Crippen LogP contribution is -2.40. The number of likely N-dealkylation sites (N-methyl/N-ethyl adjacent to an activating group) is 1. The van der Waals surface area contributed by atoms with Crippen LogP contribution in [-0.2, 0) is 33.3 Å². The van der Waals surface area contributed by atoms with Gasteiger partial charge in [-0.25, -0.2) is 4.79 Å². The highest BCUT2D eigenvalue weighted by Crippen LogP contribution is 2.20. The van der Waals surface area contributed by atoms with E-state index in [9.17, 15) is 19.5 Å². The zero-order valence-electron chi connectivity index (χ0n) is 71.0. The summed E-state index contributed by atoms with van der Waals surface area (Å²) >= 11 is 0. The largest absolute Gasteiger partial charge is 0.477 e. The van der Waals surface area contributed by atoms with E-state index in [0.29, 0.717) is 17.4 Å². The van der Waals surface area contributed by atoms with E-state index in [1.807, 2.05) is 21.1 Å². The molecule has 9 nitrogen and oxygen atoms in total. The van der Waals surface area contributed by atoms with Crippen LogP contribution in [0, 0.1) is 0 Å². The number of carboxylic acids is 1. The summed E-state index contributed by atoms with van der Waals surface area (Å²) in [6, 6.07) is 0. The lowest BCUT2D eigenvalue weighted by atomic mass is 10.0. The summed E-state index contributed by atoms with van der Waals surface area (Å²) in [5, 5.41) is 9.80. The molecule has 0 aliphatic rings. The summed E-state index contributed by atoms with van der Waals surface area (Å²) in [4.78, 5) is 37.9. The first-order chi connectivity index (χ1) is 52.6. The standard InChI is InChI=1S/C98H173NO8/c1-6-8-10-12-14-16-18-20-22-24-26-28-30-32-34-36-38-40-42-44-46-48-50-52-54-56-58-60-62-64-66-68-70-72-74-76-78-80-82-84-86-88-95(100)105-92-94(93-106-98(97(102)103)104-91-90-99(3,4)5)107-96(101)89-87-85-83-81-79-77-75-73-71-69-67-65-63-61-59-57-55-53-51-49-47-45-43-41-39-37-35-33-31-29-27-25-23-21-19-17-15-13-11-9-7-2/h8-11,14-17,20-23,26-29,33,35,39,41,94,98H,6-7,12-13,18-19,24-25,30-32,34,36-38,40,42-93H2,1-5H3/p+1/b10-8-,11-9-,16-14-,17-15-,22-20-,23-21-,28-26-,29-27-,35-33-,41-39-. The maximum atomic E-state index is 13.0. The van der Waals surface area contributed by atoms with Crippen LogP contribution in [0.25, 0.3) is 0 Å². The van der Waals surface area contributed by atoms with Crippen molar-refractivity contribution in [2.24, 2.45) is 0 Å². The fourth-order valence-corrected chi connectivity index (χ4v) is 13.4. The van der Waals surface area contributed by atoms with Gasteiger partial charge < -0.3 is 28.5 Å². The number of rotatable bonds is 85. The molecule has 0 aliphatic heterocycles. The SMILES string of the molecule is CC/C=C\C/C=C\C/C=C\C/C=C\C/C=C\C/C=C\CCCCCCCCCCCCCCCCCCCCCCCCC(=O)OC(COC(=O)CCCCCCCCCCCCCCCCCCCCCCCCCCCCCC/C=C\C/C=C\C/C=C\C/C=C\CC)COC(OCC[N+](C)(C)C)C(=O)O. The number of hydrogen-bond acceptors (Lipinski definition) is 7. The fourth-order valence-electron chi connectivity index (χ4n) is 13.4. The number of unbranched alkanes of at least 4 members (excludes halogenated alkanes) is 50.